The van der Waals surface area contributed by atoms with Crippen LogP contribution >= 0.6 is 0 Å². The van der Waals surface area contributed by atoms with Crippen molar-refractivity contribution in [1.82, 2.24) is 26.6 Å². The van der Waals surface area contributed by atoms with E-state index in [0.29, 0.717) is 77.9 Å². The predicted molar refractivity (Wildman–Crippen MR) is 205 cm³/mol. The summed E-state index contributed by atoms with van der Waals surface area (Å²) < 4.78 is 5.78. The zero-order chi connectivity index (χ0) is 39.6. The quantitative estimate of drug-likeness (QED) is 0.0274. The van der Waals surface area contributed by atoms with Gasteiger partial charge in [0, 0.05) is 17.4 Å². The van der Waals surface area contributed by atoms with Crippen LogP contribution in [0.5, 0.6) is 0 Å². The van der Waals surface area contributed by atoms with Gasteiger partial charge in [0.2, 0.25) is 23.6 Å². The van der Waals surface area contributed by atoms with Gasteiger partial charge in [0.25, 0.3) is 0 Å². The van der Waals surface area contributed by atoms with Gasteiger partial charge in [-0.3, -0.25) is 19.2 Å². The van der Waals surface area contributed by atoms with Crippen molar-refractivity contribution in [3.05, 3.63) is 0 Å². The van der Waals surface area contributed by atoms with E-state index in [9.17, 15) is 24.0 Å². The number of amides is 5. The summed E-state index contributed by atoms with van der Waals surface area (Å²) in [6.45, 7) is 15.9. The van der Waals surface area contributed by atoms with Gasteiger partial charge in [-0.15, -0.1) is 0 Å². The first kappa shape index (κ1) is 54.9. The Bertz CT molecular complexity index is 905. The number of ether oxygens (including phenoxy) is 1. The van der Waals surface area contributed by atoms with Gasteiger partial charge in [-0.05, 0) is 84.1 Å². The van der Waals surface area contributed by atoms with Crippen LogP contribution in [-0.2, 0) is 28.7 Å². The normalized spacial score (nSPS) is 11.9. The summed E-state index contributed by atoms with van der Waals surface area (Å²) in [5, 5.41) is 12.7. The van der Waals surface area contributed by atoms with E-state index < -0.39 is 36.3 Å². The Morgan fingerprint density at radius 2 is 1.08 bits per heavy atom. The van der Waals surface area contributed by atoms with Gasteiger partial charge in [0.1, 0.15) is 6.04 Å². The van der Waals surface area contributed by atoms with Gasteiger partial charge < -0.3 is 64.8 Å². The Morgan fingerprint density at radius 1 is 0.635 bits per heavy atom. The monoisotopic (exact) mass is 989 g/mol. The van der Waals surface area contributed by atoms with Gasteiger partial charge in [-0.2, -0.15) is 6.41 Å². The molecular weight excluding hydrogens is 913 g/mol. The zero-order valence-corrected chi connectivity index (χ0v) is 35.3. The molecule has 52 heavy (non-hydrogen) atoms. The van der Waals surface area contributed by atoms with Crippen LogP contribution in [0.4, 0.5) is 0 Å². The smallest absolute Gasteiger partial charge is 0.243 e. The van der Waals surface area contributed by atoms with E-state index in [-0.39, 0.29) is 23.3 Å². The molecule has 16 nitrogen and oxygen atoms in total. The number of nitrogens with one attached hydrogen (secondary N) is 5. The van der Waals surface area contributed by atoms with Crippen molar-refractivity contribution < 1.29 is 28.7 Å². The van der Waals surface area contributed by atoms with Gasteiger partial charge in [0.05, 0.1) is 32.3 Å². The van der Waals surface area contributed by atoms with Gasteiger partial charge in [-0.25, -0.2) is 0 Å². The number of hydrogen-bond donors (Lipinski definition) is 10. The number of unbranched alkanes of at least 4 members (excludes halogenated alkanes) is 4. The molecule has 0 aromatic rings. The van der Waals surface area contributed by atoms with E-state index in [2.05, 4.69) is 40.4 Å². The van der Waals surface area contributed by atoms with E-state index in [4.69, 9.17) is 33.4 Å². The van der Waals surface area contributed by atoms with E-state index in [1.165, 1.54) is 32.1 Å². The van der Waals surface area contributed by atoms with Crippen LogP contribution in [0.3, 0.4) is 0 Å². The van der Waals surface area contributed by atoms with Crippen molar-refractivity contribution >= 4 is 30.0 Å². The first-order chi connectivity index (χ1) is 24.1. The van der Waals surface area contributed by atoms with E-state index in [0.717, 1.165) is 13.1 Å². The molecule has 0 aromatic heterocycles. The van der Waals surface area contributed by atoms with Gasteiger partial charge in [-0.1, -0.05) is 54.4 Å². The predicted octanol–water partition coefficient (Wildman–Crippen LogP) is -0.379. The third kappa shape index (κ3) is 34.6. The number of rotatable bonds is 28. The molecule has 17 heteroatoms. The summed E-state index contributed by atoms with van der Waals surface area (Å²) in [7, 11) is 0. The molecular formula is C35H75FmN10O6-. The maximum atomic E-state index is 12.8. The molecule has 0 bridgehead atoms. The van der Waals surface area contributed by atoms with Gasteiger partial charge >= 0.3 is 0 Å². The summed E-state index contributed by atoms with van der Waals surface area (Å²) in [6.07, 6.45) is 9.44. The standard InChI is InChI=1S/C27H53N8O6.2C4H11N.Fm/c1-26(2,15-30)17-41-18-27(3,4)16-33-22(37)13-31-25(40)21(10-6-8-12-29)35-23(38)14-32-24(39)20(34-19-36)9-5-7-11-28;2*1-2-3-4-5;/h20-21H,5-18,28-30H2,1-4H3,(H,31,40)(H,32,39)(H,33,37)(H,34,36)(H,35,38);2*2-5H2,1H3;/q-1;;;. The molecule has 0 aromatic carbocycles. The first-order valence-corrected chi connectivity index (χ1v) is 18.5. The molecule has 0 spiro atoms. The summed E-state index contributed by atoms with van der Waals surface area (Å²) >= 11 is 0. The molecule has 314 valence electrons. The summed E-state index contributed by atoms with van der Waals surface area (Å²) in [6, 6.07) is -1.76. The molecule has 15 N–H and O–H groups in total. The Morgan fingerprint density at radius 3 is 1.50 bits per heavy atom. The van der Waals surface area contributed by atoms with Crippen LogP contribution in [0.15, 0.2) is 0 Å². The number of carbonyl (C=O) groups excluding carboxylic acids is 5. The Balaban J connectivity index is -0.000000914. The summed E-state index contributed by atoms with van der Waals surface area (Å²) in [5.74, 6) is -2.04. The summed E-state index contributed by atoms with van der Waals surface area (Å²) in [4.78, 5) is 60.8. The molecule has 2 unspecified atom stereocenters. The van der Waals surface area contributed by atoms with Crippen LogP contribution in [-0.4, -0.2) is 108 Å². The van der Waals surface area contributed by atoms with Crippen molar-refractivity contribution in [3.8, 4) is 0 Å². The fourth-order valence-corrected chi connectivity index (χ4v) is 3.94. The second kappa shape index (κ2) is 35.5. The van der Waals surface area contributed by atoms with Crippen LogP contribution in [0.25, 0.3) is 0 Å². The zero-order valence-electron chi connectivity index (χ0n) is 32.9. The minimum absolute atomic E-state index is 0. The topological polar surface area (TPSA) is 285 Å². The maximum absolute atomic E-state index is 12.8. The van der Waals surface area contributed by atoms with Crippen molar-refractivity contribution in [2.24, 2.45) is 39.5 Å². The van der Waals surface area contributed by atoms with Crippen molar-refractivity contribution in [3.63, 3.8) is 0 Å². The molecule has 0 aliphatic heterocycles. The first-order valence-electron chi connectivity index (χ1n) is 18.5. The molecule has 2 atom stereocenters. The van der Waals surface area contributed by atoms with Crippen LogP contribution in [0.1, 0.15) is 106 Å². The second-order valence-electron chi connectivity index (χ2n) is 14.0. The minimum atomic E-state index is -0.920. The average molecular weight is 989 g/mol. The van der Waals surface area contributed by atoms with Gasteiger partial charge in [0.15, 0.2) is 0 Å². The van der Waals surface area contributed by atoms with E-state index >= 15 is 0 Å². The molecule has 0 fully saturated rings. The number of carbonyl (C=O) groups is 4. The molecule has 0 saturated carbocycles. The third-order valence-corrected chi connectivity index (χ3v) is 7.36. The third-order valence-electron chi connectivity index (χ3n) is 7.36. The molecule has 0 aliphatic rings. The average Bonchev–Trinajstić information content (AvgIpc) is 3.09. The number of hydrogen-bond acceptors (Lipinski definition) is 11. The SMILES string of the molecule is CC(C)(CN)COCC(C)(C)CNC(=O)CNC(=O)C(CCCCN)NC(=O)CNC(=O)C(CCCCN)N[C-]=O.CCCCN.CCCCN.[Fm]. The molecule has 0 heterocycles. The van der Waals surface area contributed by atoms with Crippen LogP contribution in [0, 0.1) is 10.8 Å². The second-order valence-corrected chi connectivity index (χ2v) is 14.0. The van der Waals surface area contributed by atoms with Crippen molar-refractivity contribution in [2.75, 3.05) is 65.6 Å². The molecule has 0 rings (SSSR count). The largest absolute Gasteiger partial charge is 0.520 e. The Labute approximate surface area is 308 Å². The fraction of sp³-hybridized carbons (Fsp3) is 0.857. The molecule has 0 radical (unpaired) electrons. The summed E-state index contributed by atoms with van der Waals surface area (Å²) in [5.41, 5.74) is 26.5. The fourth-order valence-electron chi connectivity index (χ4n) is 3.94. The van der Waals surface area contributed by atoms with E-state index in [1.807, 2.05) is 27.7 Å². The Hall–Kier alpha value is -3.89. The molecule has 0 aliphatic carbocycles. The minimum Gasteiger partial charge on any atom is -0.520 e. The van der Waals surface area contributed by atoms with Crippen molar-refractivity contribution in [2.45, 2.75) is 118 Å². The molecule has 0 saturated heterocycles. The van der Waals surface area contributed by atoms with Crippen molar-refractivity contribution in [1.29, 1.82) is 0 Å². The maximum Gasteiger partial charge on any atom is 0.243 e. The number of nitrogens with two attached hydrogens (primary N) is 5. The van der Waals surface area contributed by atoms with E-state index in [1.54, 1.807) is 0 Å². The molecule has 5 amide bonds. The van der Waals surface area contributed by atoms with Crippen LogP contribution < -0.4 is 55.3 Å². The van der Waals surface area contributed by atoms with Crippen LogP contribution in [0.2, 0.25) is 0 Å². The Kier molecular flexibility index (Phi) is 37.5.